The molecular formula is C13H18O3. The van der Waals surface area contributed by atoms with E-state index in [1.165, 1.54) is 0 Å². The molecule has 0 bridgehead atoms. The summed E-state index contributed by atoms with van der Waals surface area (Å²) in [6.45, 7) is 6.91. The molecule has 0 amide bonds. The molecule has 1 unspecified atom stereocenters. The zero-order chi connectivity index (χ0) is 12.0. The van der Waals surface area contributed by atoms with Gasteiger partial charge in [0.25, 0.3) is 0 Å². The maximum Gasteiger partial charge on any atom is 0.127 e. The maximum atomic E-state index is 10.8. The summed E-state index contributed by atoms with van der Waals surface area (Å²) in [5, 5.41) is 0. The van der Waals surface area contributed by atoms with Gasteiger partial charge < -0.3 is 14.3 Å². The van der Waals surface area contributed by atoms with Crippen molar-refractivity contribution in [3.63, 3.8) is 0 Å². The standard InChI is InChI=1S/C13H18O3/c1-4-15-12-6-11(10(3)9-14)7-13(8-12)16-5-2/h6-10H,4-5H2,1-3H3. The van der Waals surface area contributed by atoms with Gasteiger partial charge in [0.1, 0.15) is 17.8 Å². The van der Waals surface area contributed by atoms with Gasteiger partial charge in [0.15, 0.2) is 0 Å². The quantitative estimate of drug-likeness (QED) is 0.694. The summed E-state index contributed by atoms with van der Waals surface area (Å²) in [4.78, 5) is 10.8. The zero-order valence-electron chi connectivity index (χ0n) is 10.0. The lowest BCUT2D eigenvalue weighted by molar-refractivity contribution is -0.108. The fourth-order valence-corrected chi connectivity index (χ4v) is 1.44. The summed E-state index contributed by atoms with van der Waals surface area (Å²) >= 11 is 0. The van der Waals surface area contributed by atoms with Gasteiger partial charge in [0.2, 0.25) is 0 Å². The lowest BCUT2D eigenvalue weighted by Gasteiger charge is -2.12. The van der Waals surface area contributed by atoms with Gasteiger partial charge in [-0.3, -0.25) is 0 Å². The molecule has 0 saturated carbocycles. The molecule has 0 heterocycles. The molecule has 1 aromatic rings. The average molecular weight is 222 g/mol. The first-order chi connectivity index (χ1) is 7.71. The van der Waals surface area contributed by atoms with E-state index in [1.807, 2.05) is 39.0 Å². The van der Waals surface area contributed by atoms with Crippen LogP contribution in [-0.2, 0) is 4.79 Å². The van der Waals surface area contributed by atoms with Crippen LogP contribution in [0, 0.1) is 0 Å². The number of ether oxygens (including phenoxy) is 2. The fourth-order valence-electron chi connectivity index (χ4n) is 1.44. The number of carbonyl (C=O) groups is 1. The molecule has 3 nitrogen and oxygen atoms in total. The van der Waals surface area contributed by atoms with Gasteiger partial charge in [-0.1, -0.05) is 6.92 Å². The molecule has 0 spiro atoms. The Kier molecular flexibility index (Phi) is 4.83. The van der Waals surface area contributed by atoms with Crippen molar-refractivity contribution in [2.75, 3.05) is 13.2 Å². The van der Waals surface area contributed by atoms with Crippen molar-refractivity contribution in [2.24, 2.45) is 0 Å². The number of benzene rings is 1. The van der Waals surface area contributed by atoms with E-state index in [9.17, 15) is 4.79 Å². The van der Waals surface area contributed by atoms with Crippen LogP contribution in [0.1, 0.15) is 32.3 Å². The van der Waals surface area contributed by atoms with Gasteiger partial charge >= 0.3 is 0 Å². The molecule has 88 valence electrons. The highest BCUT2D eigenvalue weighted by atomic mass is 16.5. The summed E-state index contributed by atoms with van der Waals surface area (Å²) < 4.78 is 10.9. The van der Waals surface area contributed by atoms with E-state index in [2.05, 4.69) is 0 Å². The van der Waals surface area contributed by atoms with Gasteiger partial charge in [-0.05, 0) is 31.5 Å². The molecule has 0 fully saturated rings. The Bertz CT molecular complexity index is 323. The van der Waals surface area contributed by atoms with E-state index in [0.717, 1.165) is 23.3 Å². The second-order valence-corrected chi connectivity index (χ2v) is 3.53. The minimum absolute atomic E-state index is 0.139. The topological polar surface area (TPSA) is 35.5 Å². The molecule has 0 N–H and O–H groups in total. The Morgan fingerprint density at radius 3 is 2.00 bits per heavy atom. The molecular weight excluding hydrogens is 204 g/mol. The molecule has 16 heavy (non-hydrogen) atoms. The summed E-state index contributed by atoms with van der Waals surface area (Å²) in [6.07, 6.45) is 0.917. The van der Waals surface area contributed by atoms with Crippen molar-refractivity contribution >= 4 is 6.29 Å². The Hall–Kier alpha value is -1.51. The van der Waals surface area contributed by atoms with E-state index in [-0.39, 0.29) is 5.92 Å². The highest BCUT2D eigenvalue weighted by Gasteiger charge is 2.08. The van der Waals surface area contributed by atoms with Crippen LogP contribution >= 0.6 is 0 Å². The largest absolute Gasteiger partial charge is 0.494 e. The third kappa shape index (κ3) is 3.26. The van der Waals surface area contributed by atoms with Crippen LogP contribution < -0.4 is 9.47 Å². The molecule has 1 atom stereocenters. The SMILES string of the molecule is CCOc1cc(OCC)cc(C(C)C=O)c1. The fraction of sp³-hybridized carbons (Fsp3) is 0.462. The van der Waals surface area contributed by atoms with Crippen LogP contribution in [0.5, 0.6) is 11.5 Å². The Balaban J connectivity index is 3.02. The lowest BCUT2D eigenvalue weighted by Crippen LogP contribution is -2.00. The van der Waals surface area contributed by atoms with Crippen molar-refractivity contribution in [3.05, 3.63) is 23.8 Å². The first-order valence-corrected chi connectivity index (χ1v) is 5.57. The molecule has 3 heteroatoms. The summed E-state index contributed by atoms with van der Waals surface area (Å²) in [7, 11) is 0. The summed E-state index contributed by atoms with van der Waals surface area (Å²) in [5.74, 6) is 1.36. The van der Waals surface area contributed by atoms with Crippen LogP contribution in [0.3, 0.4) is 0 Å². The first-order valence-electron chi connectivity index (χ1n) is 5.57. The van der Waals surface area contributed by atoms with E-state index >= 15 is 0 Å². The number of aldehydes is 1. The predicted molar refractivity (Wildman–Crippen MR) is 63.3 cm³/mol. The summed E-state index contributed by atoms with van der Waals surface area (Å²) in [6, 6.07) is 5.60. The van der Waals surface area contributed by atoms with Crippen LogP contribution in [-0.4, -0.2) is 19.5 Å². The smallest absolute Gasteiger partial charge is 0.127 e. The molecule has 0 aliphatic rings. The lowest BCUT2D eigenvalue weighted by atomic mass is 10.0. The maximum absolute atomic E-state index is 10.8. The van der Waals surface area contributed by atoms with Crippen molar-refractivity contribution < 1.29 is 14.3 Å². The van der Waals surface area contributed by atoms with Crippen LogP contribution in [0.15, 0.2) is 18.2 Å². The minimum atomic E-state index is -0.139. The van der Waals surface area contributed by atoms with E-state index in [4.69, 9.17) is 9.47 Å². The number of hydrogen-bond acceptors (Lipinski definition) is 3. The van der Waals surface area contributed by atoms with Crippen molar-refractivity contribution in [1.29, 1.82) is 0 Å². The van der Waals surface area contributed by atoms with E-state index in [1.54, 1.807) is 0 Å². The summed E-state index contributed by atoms with van der Waals surface area (Å²) in [5.41, 5.74) is 0.921. The number of rotatable bonds is 6. The van der Waals surface area contributed by atoms with Gasteiger partial charge in [-0.15, -0.1) is 0 Å². The second-order valence-electron chi connectivity index (χ2n) is 3.53. The molecule has 0 aliphatic carbocycles. The van der Waals surface area contributed by atoms with Crippen molar-refractivity contribution in [2.45, 2.75) is 26.7 Å². The van der Waals surface area contributed by atoms with Gasteiger partial charge in [0.05, 0.1) is 13.2 Å². The highest BCUT2D eigenvalue weighted by molar-refractivity contribution is 5.62. The van der Waals surface area contributed by atoms with Crippen molar-refractivity contribution in [3.8, 4) is 11.5 Å². The second kappa shape index (κ2) is 6.16. The molecule has 0 radical (unpaired) electrons. The average Bonchev–Trinajstić information content (AvgIpc) is 2.28. The molecule has 1 rings (SSSR count). The van der Waals surface area contributed by atoms with Gasteiger partial charge in [-0.2, -0.15) is 0 Å². The zero-order valence-corrected chi connectivity index (χ0v) is 10.0. The number of hydrogen-bond donors (Lipinski definition) is 0. The molecule has 0 saturated heterocycles. The minimum Gasteiger partial charge on any atom is -0.494 e. The first kappa shape index (κ1) is 12.6. The van der Waals surface area contributed by atoms with Gasteiger partial charge in [0, 0.05) is 12.0 Å². The van der Waals surface area contributed by atoms with Crippen LogP contribution in [0.2, 0.25) is 0 Å². The normalized spacial score (nSPS) is 11.9. The Labute approximate surface area is 96.4 Å². The number of carbonyl (C=O) groups excluding carboxylic acids is 1. The monoisotopic (exact) mass is 222 g/mol. The Morgan fingerprint density at radius 1 is 1.12 bits per heavy atom. The van der Waals surface area contributed by atoms with E-state index in [0.29, 0.717) is 13.2 Å². The molecule has 0 aliphatic heterocycles. The predicted octanol–water partition coefficient (Wildman–Crippen LogP) is 2.79. The van der Waals surface area contributed by atoms with Crippen LogP contribution in [0.4, 0.5) is 0 Å². The Morgan fingerprint density at radius 2 is 1.62 bits per heavy atom. The van der Waals surface area contributed by atoms with Crippen LogP contribution in [0.25, 0.3) is 0 Å². The van der Waals surface area contributed by atoms with E-state index < -0.39 is 0 Å². The van der Waals surface area contributed by atoms with Crippen molar-refractivity contribution in [1.82, 2.24) is 0 Å². The third-order valence-electron chi connectivity index (χ3n) is 2.25. The molecule has 1 aromatic carbocycles. The van der Waals surface area contributed by atoms with Gasteiger partial charge in [-0.25, -0.2) is 0 Å². The highest BCUT2D eigenvalue weighted by Crippen LogP contribution is 2.26. The molecule has 0 aromatic heterocycles. The third-order valence-corrected chi connectivity index (χ3v) is 2.25.